The summed E-state index contributed by atoms with van der Waals surface area (Å²) in [5.74, 6) is 0.871. The highest BCUT2D eigenvalue weighted by atomic mass is 35.7. The Labute approximate surface area is 108 Å². The monoisotopic (exact) mass is 264 g/mol. The van der Waals surface area contributed by atoms with E-state index in [1.54, 1.807) is 7.11 Å². The Kier molecular flexibility index (Phi) is 4.42. The summed E-state index contributed by atoms with van der Waals surface area (Å²) in [6, 6.07) is 16.6. The summed E-state index contributed by atoms with van der Waals surface area (Å²) < 4.78 is 5.26. The van der Waals surface area contributed by atoms with Gasteiger partial charge in [-0.25, -0.2) is 0 Å². The van der Waals surface area contributed by atoms with Crippen molar-refractivity contribution >= 4 is 24.5 Å². The van der Waals surface area contributed by atoms with Gasteiger partial charge in [-0.2, -0.15) is 0 Å². The zero-order chi connectivity index (χ0) is 12.1. The Bertz CT molecular complexity index is 485. The van der Waals surface area contributed by atoms with E-state index in [4.69, 9.17) is 16.0 Å². The van der Waals surface area contributed by atoms with Gasteiger partial charge in [0.15, 0.2) is 0 Å². The van der Waals surface area contributed by atoms with Crippen molar-refractivity contribution in [2.24, 2.45) is 0 Å². The summed E-state index contributed by atoms with van der Waals surface area (Å²) in [6.45, 7) is 0. The molecule has 0 saturated carbocycles. The van der Waals surface area contributed by atoms with Gasteiger partial charge in [-0.05, 0) is 29.7 Å². The Hall–Kier alpha value is -1.04. The number of methoxy groups -OCH3 is 1. The van der Waals surface area contributed by atoms with Crippen molar-refractivity contribution in [2.75, 3.05) is 7.11 Å². The lowest BCUT2D eigenvalue weighted by Gasteiger charge is -2.08. The fourth-order valence-corrected chi connectivity index (χ4v) is 2.73. The van der Waals surface area contributed by atoms with E-state index in [9.17, 15) is 0 Å². The number of rotatable bonds is 4. The SMILES string of the molecule is COc1ccc(Cc2ccccc2)cc1PCl. The molecule has 1 unspecified atom stereocenters. The van der Waals surface area contributed by atoms with E-state index in [2.05, 4.69) is 36.4 Å². The predicted octanol–water partition coefficient (Wildman–Crippen LogP) is 3.74. The van der Waals surface area contributed by atoms with Crippen molar-refractivity contribution in [3.63, 3.8) is 0 Å². The van der Waals surface area contributed by atoms with Crippen LogP contribution in [-0.2, 0) is 6.42 Å². The van der Waals surface area contributed by atoms with Gasteiger partial charge in [-0.15, -0.1) is 0 Å². The lowest BCUT2D eigenvalue weighted by atomic mass is 10.1. The lowest BCUT2D eigenvalue weighted by molar-refractivity contribution is 0.418. The third-order valence-corrected chi connectivity index (χ3v) is 3.82. The summed E-state index contributed by atoms with van der Waals surface area (Å²) >= 11 is 5.93. The smallest absolute Gasteiger partial charge is 0.127 e. The molecule has 0 aliphatic heterocycles. The van der Waals surface area contributed by atoms with Crippen LogP contribution in [0.3, 0.4) is 0 Å². The van der Waals surface area contributed by atoms with Crippen LogP contribution in [0, 0.1) is 0 Å². The van der Waals surface area contributed by atoms with E-state index in [0.717, 1.165) is 17.5 Å². The highest BCUT2D eigenvalue weighted by Crippen LogP contribution is 2.24. The van der Waals surface area contributed by atoms with Gasteiger partial charge in [-0.1, -0.05) is 47.6 Å². The van der Waals surface area contributed by atoms with Gasteiger partial charge in [0, 0.05) is 13.2 Å². The second-order valence-electron chi connectivity index (χ2n) is 3.79. The highest BCUT2D eigenvalue weighted by molar-refractivity contribution is 7.75. The van der Waals surface area contributed by atoms with E-state index in [0.29, 0.717) is 0 Å². The zero-order valence-electron chi connectivity index (χ0n) is 9.61. The van der Waals surface area contributed by atoms with Crippen molar-refractivity contribution in [3.8, 4) is 5.75 Å². The molecule has 0 N–H and O–H groups in total. The first-order valence-corrected chi connectivity index (χ1v) is 7.42. The maximum Gasteiger partial charge on any atom is 0.127 e. The van der Waals surface area contributed by atoms with Gasteiger partial charge in [0.05, 0.1) is 7.11 Å². The summed E-state index contributed by atoms with van der Waals surface area (Å²) in [5, 5.41) is 1.07. The summed E-state index contributed by atoms with van der Waals surface area (Å²) in [6.07, 6.45) is 0.930. The fraction of sp³-hybridized carbons (Fsp3) is 0.143. The molecule has 0 bridgehead atoms. The number of ether oxygens (including phenoxy) is 1. The molecule has 0 aromatic heterocycles. The van der Waals surface area contributed by atoms with Crippen LogP contribution in [0.1, 0.15) is 11.1 Å². The Morgan fingerprint density at radius 1 is 1.06 bits per heavy atom. The molecule has 0 heterocycles. The molecule has 2 aromatic rings. The largest absolute Gasteiger partial charge is 0.496 e. The second kappa shape index (κ2) is 6.05. The van der Waals surface area contributed by atoms with Gasteiger partial charge in [0.2, 0.25) is 0 Å². The third-order valence-electron chi connectivity index (χ3n) is 2.62. The average Bonchev–Trinajstić information content (AvgIpc) is 2.40. The molecule has 0 radical (unpaired) electrons. The first-order valence-electron chi connectivity index (χ1n) is 5.41. The van der Waals surface area contributed by atoms with Gasteiger partial charge >= 0.3 is 0 Å². The fourth-order valence-electron chi connectivity index (χ4n) is 1.77. The summed E-state index contributed by atoms with van der Waals surface area (Å²) in [5.41, 5.74) is 2.57. The molecule has 0 saturated heterocycles. The van der Waals surface area contributed by atoms with Crippen LogP contribution in [0.2, 0.25) is 0 Å². The average molecular weight is 265 g/mol. The molecule has 17 heavy (non-hydrogen) atoms. The lowest BCUT2D eigenvalue weighted by Crippen LogP contribution is -2.02. The van der Waals surface area contributed by atoms with Gasteiger partial charge in [0.25, 0.3) is 0 Å². The van der Waals surface area contributed by atoms with Crippen molar-refractivity contribution in [3.05, 3.63) is 59.7 Å². The molecule has 0 amide bonds. The van der Waals surface area contributed by atoms with Gasteiger partial charge < -0.3 is 4.74 Å². The highest BCUT2D eigenvalue weighted by Gasteiger charge is 2.04. The summed E-state index contributed by atoms with van der Waals surface area (Å²) in [7, 11) is 1.91. The molecule has 0 fully saturated rings. The van der Waals surface area contributed by atoms with E-state index in [1.165, 1.54) is 11.1 Å². The van der Waals surface area contributed by atoms with Gasteiger partial charge in [-0.3, -0.25) is 0 Å². The predicted molar refractivity (Wildman–Crippen MR) is 76.0 cm³/mol. The maximum absolute atomic E-state index is 5.93. The molecular weight excluding hydrogens is 251 g/mol. The van der Waals surface area contributed by atoms with Crippen LogP contribution in [0.5, 0.6) is 5.75 Å². The van der Waals surface area contributed by atoms with Crippen LogP contribution in [-0.4, -0.2) is 7.11 Å². The number of hydrogen-bond donors (Lipinski definition) is 0. The first kappa shape index (κ1) is 12.4. The Balaban J connectivity index is 2.22. The van der Waals surface area contributed by atoms with Crippen molar-refractivity contribution in [2.45, 2.75) is 6.42 Å². The van der Waals surface area contributed by atoms with Crippen LogP contribution in [0.15, 0.2) is 48.5 Å². The molecule has 2 aromatic carbocycles. The molecule has 88 valence electrons. The van der Waals surface area contributed by atoms with E-state index < -0.39 is 0 Å². The molecule has 0 aliphatic rings. The van der Waals surface area contributed by atoms with Crippen LogP contribution < -0.4 is 10.0 Å². The molecule has 0 aliphatic carbocycles. The van der Waals surface area contributed by atoms with Gasteiger partial charge in [0.1, 0.15) is 5.75 Å². The minimum absolute atomic E-state index is 0.240. The van der Waals surface area contributed by atoms with Crippen LogP contribution in [0.4, 0.5) is 0 Å². The standard InChI is InChI=1S/C14H14ClOP/c1-16-13-8-7-12(10-14(13)17-15)9-11-5-3-2-4-6-11/h2-8,10,17H,9H2,1H3. The molecule has 3 heteroatoms. The van der Waals surface area contributed by atoms with E-state index in [-0.39, 0.29) is 7.93 Å². The van der Waals surface area contributed by atoms with Crippen LogP contribution in [0.25, 0.3) is 0 Å². The Morgan fingerprint density at radius 3 is 2.47 bits per heavy atom. The topological polar surface area (TPSA) is 9.23 Å². The molecule has 0 spiro atoms. The number of halogens is 1. The normalized spacial score (nSPS) is 10.9. The zero-order valence-corrected chi connectivity index (χ0v) is 11.4. The molecule has 1 nitrogen and oxygen atoms in total. The second-order valence-corrected chi connectivity index (χ2v) is 5.09. The number of benzene rings is 2. The minimum Gasteiger partial charge on any atom is -0.496 e. The minimum atomic E-state index is 0.240. The van der Waals surface area contributed by atoms with Crippen molar-refractivity contribution in [1.29, 1.82) is 0 Å². The quantitative estimate of drug-likeness (QED) is 0.765. The third kappa shape index (κ3) is 3.21. The molecule has 2 rings (SSSR count). The number of hydrogen-bond acceptors (Lipinski definition) is 1. The molecule has 1 atom stereocenters. The maximum atomic E-state index is 5.93. The van der Waals surface area contributed by atoms with Crippen molar-refractivity contribution in [1.82, 2.24) is 0 Å². The van der Waals surface area contributed by atoms with Crippen molar-refractivity contribution < 1.29 is 4.74 Å². The Morgan fingerprint density at radius 2 is 1.82 bits per heavy atom. The van der Waals surface area contributed by atoms with E-state index >= 15 is 0 Å². The first-order chi connectivity index (χ1) is 8.33. The van der Waals surface area contributed by atoms with E-state index in [1.807, 2.05) is 12.1 Å². The molecular formula is C14H14ClOP. The summed E-state index contributed by atoms with van der Waals surface area (Å²) in [4.78, 5) is 0. The van der Waals surface area contributed by atoms with Crippen LogP contribution >= 0.6 is 19.2 Å².